The summed E-state index contributed by atoms with van der Waals surface area (Å²) in [6.07, 6.45) is 0.807. The van der Waals surface area contributed by atoms with E-state index in [-0.39, 0.29) is 11.9 Å². The summed E-state index contributed by atoms with van der Waals surface area (Å²) in [5, 5.41) is 21.1. The van der Waals surface area contributed by atoms with Gasteiger partial charge in [0.1, 0.15) is 0 Å². The Balaban J connectivity index is 1.73. The monoisotopic (exact) mass is 399 g/mol. The second-order valence-corrected chi connectivity index (χ2v) is 8.53. The fourth-order valence-electron chi connectivity index (χ4n) is 5.92. The Morgan fingerprint density at radius 3 is 2.00 bits per heavy atom. The highest BCUT2D eigenvalue weighted by Gasteiger charge is 3.04. The van der Waals surface area contributed by atoms with Crippen molar-refractivity contribution in [2.24, 2.45) is 22.0 Å². The zero-order valence-electron chi connectivity index (χ0n) is 16.8. The molecule has 2 heterocycles. The lowest BCUT2D eigenvalue weighted by atomic mass is 9.79. The highest BCUT2D eigenvalue weighted by Crippen LogP contribution is 2.84. The molecule has 2 fully saturated rings. The molecule has 6 heteroatoms. The number of ether oxygens (including phenoxy) is 2. The molecule has 1 saturated carbocycles. The number of nitriles is 2. The minimum Gasteiger partial charge on any atom is -0.311 e. The molecule has 0 bridgehead atoms. The first kappa shape index (κ1) is 18.8. The summed E-state index contributed by atoms with van der Waals surface area (Å²) in [5.41, 5.74) is 5.26. The summed E-state index contributed by atoms with van der Waals surface area (Å²) in [6, 6.07) is 24.8. The zero-order chi connectivity index (χ0) is 21.0. The molecule has 2 aliphatic heterocycles. The van der Waals surface area contributed by atoms with Gasteiger partial charge in [-0.25, -0.2) is 4.99 Å². The second-order valence-electron chi connectivity index (χ2n) is 8.53. The summed E-state index contributed by atoms with van der Waals surface area (Å²) >= 11 is 0. The zero-order valence-corrected chi connectivity index (χ0v) is 16.8. The van der Waals surface area contributed by atoms with Gasteiger partial charge in [0.25, 0.3) is 5.84 Å². The van der Waals surface area contributed by atoms with Gasteiger partial charge in [-0.15, -0.1) is 0 Å². The van der Waals surface area contributed by atoms with Gasteiger partial charge in [0.2, 0.25) is 0 Å². The molecule has 3 aliphatic rings. The Labute approximate surface area is 175 Å². The number of rotatable bonds is 4. The van der Waals surface area contributed by atoms with Crippen LogP contribution in [0.15, 0.2) is 60.7 Å². The van der Waals surface area contributed by atoms with Crippen molar-refractivity contribution in [2.75, 3.05) is 6.61 Å². The van der Waals surface area contributed by atoms with Gasteiger partial charge in [-0.05, 0) is 30.9 Å². The maximum Gasteiger partial charge on any atom is 0.343 e. The van der Waals surface area contributed by atoms with Crippen molar-refractivity contribution >= 4 is 5.84 Å². The number of benzene rings is 2. The van der Waals surface area contributed by atoms with Crippen LogP contribution >= 0.6 is 0 Å². The number of nitrogens with zero attached hydrogens (tertiary/aromatic N) is 2. The molecule has 150 valence electrons. The smallest absolute Gasteiger partial charge is 0.311 e. The van der Waals surface area contributed by atoms with Crippen molar-refractivity contribution in [3.8, 4) is 12.1 Å². The van der Waals surface area contributed by atoms with Crippen molar-refractivity contribution in [3.05, 3.63) is 71.8 Å². The number of nitrogens with one attached hydrogen (secondary N) is 1. The van der Waals surface area contributed by atoms with Gasteiger partial charge in [-0.2, -0.15) is 10.5 Å². The Hall–Kier alpha value is -3.19. The van der Waals surface area contributed by atoms with Crippen LogP contribution in [0, 0.1) is 38.9 Å². The Morgan fingerprint density at radius 2 is 1.57 bits per heavy atom. The third kappa shape index (κ3) is 1.96. The van der Waals surface area contributed by atoms with E-state index in [1.165, 1.54) is 0 Å². The van der Waals surface area contributed by atoms with Crippen LogP contribution in [0.5, 0.6) is 0 Å². The van der Waals surface area contributed by atoms with E-state index in [0.29, 0.717) is 19.4 Å². The van der Waals surface area contributed by atoms with Gasteiger partial charge < -0.3 is 9.47 Å². The van der Waals surface area contributed by atoms with Crippen LogP contribution in [0.25, 0.3) is 0 Å². The first-order valence-corrected chi connectivity index (χ1v) is 10.1. The van der Waals surface area contributed by atoms with Gasteiger partial charge in [-0.3, -0.25) is 5.73 Å². The molecule has 0 amide bonds. The molecule has 6 nitrogen and oxygen atoms in total. The van der Waals surface area contributed by atoms with E-state index in [0.717, 1.165) is 11.1 Å². The largest absolute Gasteiger partial charge is 0.343 e. The summed E-state index contributed by atoms with van der Waals surface area (Å²) < 4.78 is 12.3. The van der Waals surface area contributed by atoms with Crippen LogP contribution in [0.2, 0.25) is 0 Å². The average molecular weight is 399 g/mol. The fourth-order valence-corrected chi connectivity index (χ4v) is 5.92. The van der Waals surface area contributed by atoms with E-state index in [9.17, 15) is 10.5 Å². The van der Waals surface area contributed by atoms with Crippen molar-refractivity contribution in [1.82, 2.24) is 0 Å². The Morgan fingerprint density at radius 1 is 1.00 bits per heavy atom. The first-order chi connectivity index (χ1) is 14.5. The van der Waals surface area contributed by atoms with Crippen molar-refractivity contribution < 1.29 is 14.5 Å². The minimum atomic E-state index is -1.43. The minimum absolute atomic E-state index is 0.211. The lowest BCUT2D eigenvalue weighted by molar-refractivity contribution is -0.680. The predicted octanol–water partition coefficient (Wildman–Crippen LogP) is 1.03. The third-order valence-electron chi connectivity index (χ3n) is 7.05. The molecule has 1 saturated heterocycles. The quantitative estimate of drug-likeness (QED) is 0.799. The average Bonchev–Trinajstić information content (AvgIpc) is 2.92. The number of amidine groups is 1. The van der Waals surface area contributed by atoms with Gasteiger partial charge in [0.05, 0.1) is 24.8 Å². The molecule has 1 spiro atoms. The van der Waals surface area contributed by atoms with Crippen molar-refractivity contribution in [2.45, 2.75) is 31.8 Å². The van der Waals surface area contributed by atoms with E-state index in [4.69, 9.17) is 15.2 Å². The lowest BCUT2D eigenvalue weighted by Gasteiger charge is -2.30. The number of fused-ring (bicyclic) bond motifs is 2. The van der Waals surface area contributed by atoms with E-state index in [2.05, 4.69) is 17.1 Å². The molecule has 5 rings (SSSR count). The molecule has 4 atom stereocenters. The maximum absolute atomic E-state index is 10.6. The molecule has 2 aromatic rings. The van der Waals surface area contributed by atoms with Crippen LogP contribution < -0.4 is 10.7 Å². The molecule has 3 N–H and O–H groups in total. The van der Waals surface area contributed by atoms with Gasteiger partial charge >= 0.3 is 5.91 Å². The SMILES string of the molecule is C[C@@H]1CO[C@]2([NH+]=C(N)[C@@]3(C#N)C(Cc4ccccc4)(Cc4ccccc4)[C@@]23C#N)O1. The van der Waals surface area contributed by atoms with Crippen LogP contribution in [0.1, 0.15) is 18.1 Å². The number of hydrogen-bond acceptors (Lipinski definition) is 5. The molecular formula is C24H23N4O2+. The van der Waals surface area contributed by atoms with Gasteiger partial charge in [-0.1, -0.05) is 60.7 Å². The highest BCUT2D eigenvalue weighted by molar-refractivity contribution is 5.95. The number of nitrogens with two attached hydrogens (primary N) is 1. The Kier molecular flexibility index (Phi) is 3.86. The van der Waals surface area contributed by atoms with Crippen molar-refractivity contribution in [1.29, 1.82) is 10.5 Å². The normalized spacial score (nSPS) is 35.3. The first-order valence-electron chi connectivity index (χ1n) is 10.1. The topological polar surface area (TPSA) is 106 Å². The molecule has 1 aliphatic carbocycles. The van der Waals surface area contributed by atoms with E-state index < -0.39 is 22.2 Å². The van der Waals surface area contributed by atoms with Crippen LogP contribution in [-0.2, 0) is 22.3 Å². The van der Waals surface area contributed by atoms with E-state index >= 15 is 0 Å². The van der Waals surface area contributed by atoms with Gasteiger partial charge in [0, 0.05) is 5.41 Å². The fraction of sp³-hybridized carbons (Fsp3) is 0.375. The standard InChI is InChI=1S/C24H22N4O2/c1-17-14-29-24(30-17)23(16-26)21(12-18-8-4-2-5-9-18,13-19-10-6-3-7-11-19)22(23,15-25)20(27)28-24/h2-11,17H,12-14H2,1H3,(H2,27,28)/p+1/t17-,22+,23-,24+/m1/s1. The lowest BCUT2D eigenvalue weighted by Crippen LogP contribution is -2.90. The summed E-state index contributed by atoms with van der Waals surface area (Å²) in [6.45, 7) is 2.22. The molecule has 30 heavy (non-hydrogen) atoms. The second kappa shape index (κ2) is 6.15. The molecule has 2 aromatic carbocycles. The van der Waals surface area contributed by atoms with Crippen LogP contribution in [0.4, 0.5) is 0 Å². The number of hydrogen-bond donors (Lipinski definition) is 2. The summed E-state index contributed by atoms with van der Waals surface area (Å²) in [7, 11) is 0. The molecular weight excluding hydrogens is 376 g/mol. The maximum atomic E-state index is 10.6. The third-order valence-corrected chi connectivity index (χ3v) is 7.05. The highest BCUT2D eigenvalue weighted by atomic mass is 16.8. The summed E-state index contributed by atoms with van der Waals surface area (Å²) in [5.74, 6) is -1.17. The Bertz CT molecular complexity index is 1060. The van der Waals surface area contributed by atoms with Crippen LogP contribution in [0.3, 0.4) is 0 Å². The van der Waals surface area contributed by atoms with E-state index in [1.807, 2.05) is 67.6 Å². The van der Waals surface area contributed by atoms with Crippen LogP contribution in [-0.4, -0.2) is 24.5 Å². The molecule has 0 aromatic heterocycles. The molecule has 0 radical (unpaired) electrons. The molecule has 0 unspecified atom stereocenters. The van der Waals surface area contributed by atoms with E-state index in [1.54, 1.807) is 0 Å². The summed E-state index contributed by atoms with van der Waals surface area (Å²) in [4.78, 5) is 3.07. The van der Waals surface area contributed by atoms with Crippen molar-refractivity contribution in [3.63, 3.8) is 0 Å². The predicted molar refractivity (Wildman–Crippen MR) is 108 cm³/mol. The van der Waals surface area contributed by atoms with Gasteiger partial charge in [0.15, 0.2) is 10.8 Å².